The minimum atomic E-state index is -3.63. The van der Waals surface area contributed by atoms with Crippen LogP contribution in [0.1, 0.15) is 19.8 Å². The van der Waals surface area contributed by atoms with Crippen LogP contribution < -0.4 is 0 Å². The number of hydrogen-bond acceptors (Lipinski definition) is 4. The first-order valence-electron chi connectivity index (χ1n) is 8.81. The van der Waals surface area contributed by atoms with Crippen molar-refractivity contribution < 1.29 is 16.8 Å². The van der Waals surface area contributed by atoms with Gasteiger partial charge in [-0.15, -0.1) is 0 Å². The number of unbranched alkanes of at least 4 members (excludes halogenated alkanes) is 1. The Morgan fingerprint density at radius 2 is 1.46 bits per heavy atom. The highest BCUT2D eigenvalue weighted by atomic mass is 32.2. The fourth-order valence-electron chi connectivity index (χ4n) is 3.12. The first-order chi connectivity index (χ1) is 12.3. The molecular weight excluding hydrogens is 372 g/mol. The number of sulfonamides is 2. The zero-order chi connectivity index (χ0) is 18.8. The average Bonchev–Trinajstić information content (AvgIpc) is 2.66. The van der Waals surface area contributed by atoms with Crippen LogP contribution in [-0.4, -0.2) is 57.4 Å². The summed E-state index contributed by atoms with van der Waals surface area (Å²) >= 11 is 0. The summed E-state index contributed by atoms with van der Waals surface area (Å²) in [6.07, 6.45) is 1.44. The Bertz CT molecular complexity index is 979. The molecule has 1 aliphatic heterocycles. The van der Waals surface area contributed by atoms with E-state index in [9.17, 15) is 16.8 Å². The lowest BCUT2D eigenvalue weighted by atomic mass is 10.1. The molecule has 0 radical (unpaired) electrons. The minimum absolute atomic E-state index is 0.126. The molecule has 6 nitrogen and oxygen atoms in total. The van der Waals surface area contributed by atoms with Gasteiger partial charge in [-0.25, -0.2) is 16.8 Å². The smallest absolute Gasteiger partial charge is 0.212 e. The Balaban J connectivity index is 1.75. The van der Waals surface area contributed by atoms with Crippen molar-refractivity contribution in [2.75, 3.05) is 31.9 Å². The first kappa shape index (κ1) is 19.3. The van der Waals surface area contributed by atoms with Crippen LogP contribution in [0.25, 0.3) is 10.8 Å². The Labute approximate surface area is 155 Å². The largest absolute Gasteiger partial charge is 0.243 e. The summed E-state index contributed by atoms with van der Waals surface area (Å²) in [4.78, 5) is 0.249. The lowest BCUT2D eigenvalue weighted by Crippen LogP contribution is -2.50. The summed E-state index contributed by atoms with van der Waals surface area (Å²) in [6, 6.07) is 12.7. The summed E-state index contributed by atoms with van der Waals surface area (Å²) in [5.74, 6) is 0.126. The molecule has 1 fully saturated rings. The maximum absolute atomic E-state index is 12.9. The van der Waals surface area contributed by atoms with Crippen molar-refractivity contribution in [3.63, 3.8) is 0 Å². The van der Waals surface area contributed by atoms with E-state index in [4.69, 9.17) is 0 Å². The molecule has 2 aromatic rings. The summed E-state index contributed by atoms with van der Waals surface area (Å²) in [7, 11) is -6.92. The molecule has 1 heterocycles. The average molecular weight is 397 g/mol. The van der Waals surface area contributed by atoms with Gasteiger partial charge in [-0.3, -0.25) is 0 Å². The number of nitrogens with zero attached hydrogens (tertiary/aromatic N) is 2. The lowest BCUT2D eigenvalue weighted by Gasteiger charge is -2.33. The van der Waals surface area contributed by atoms with Gasteiger partial charge in [0.2, 0.25) is 20.0 Å². The van der Waals surface area contributed by atoms with E-state index in [-0.39, 0.29) is 36.8 Å². The molecule has 3 rings (SSSR count). The van der Waals surface area contributed by atoms with Crippen LogP contribution in [0.4, 0.5) is 0 Å². The molecule has 0 N–H and O–H groups in total. The number of hydrogen-bond donors (Lipinski definition) is 0. The number of rotatable bonds is 6. The molecule has 0 aromatic heterocycles. The highest BCUT2D eigenvalue weighted by Gasteiger charge is 2.32. The Kier molecular flexibility index (Phi) is 5.67. The summed E-state index contributed by atoms with van der Waals surface area (Å²) < 4.78 is 53.2. The van der Waals surface area contributed by atoms with Crippen LogP contribution in [0.2, 0.25) is 0 Å². The third kappa shape index (κ3) is 3.93. The molecule has 2 aromatic carbocycles. The van der Waals surface area contributed by atoms with Gasteiger partial charge in [0.25, 0.3) is 0 Å². The van der Waals surface area contributed by atoms with E-state index in [0.29, 0.717) is 6.42 Å². The van der Waals surface area contributed by atoms with E-state index >= 15 is 0 Å². The topological polar surface area (TPSA) is 74.8 Å². The Hall–Kier alpha value is -1.48. The molecule has 0 amide bonds. The lowest BCUT2D eigenvalue weighted by molar-refractivity contribution is 0.272. The fraction of sp³-hybridized carbons (Fsp3) is 0.444. The molecule has 0 bridgehead atoms. The molecule has 8 heteroatoms. The monoisotopic (exact) mass is 396 g/mol. The van der Waals surface area contributed by atoms with Gasteiger partial charge in [0.1, 0.15) is 0 Å². The molecule has 0 unspecified atom stereocenters. The predicted octanol–water partition coefficient (Wildman–Crippen LogP) is 2.28. The van der Waals surface area contributed by atoms with E-state index in [2.05, 4.69) is 0 Å². The SMILES string of the molecule is CCCCS(=O)(=O)N1CCN(S(=O)(=O)c2ccc3ccccc3c2)CC1. The van der Waals surface area contributed by atoms with Crippen LogP contribution in [0.3, 0.4) is 0 Å². The zero-order valence-corrected chi connectivity index (χ0v) is 16.5. The third-order valence-electron chi connectivity index (χ3n) is 4.71. The van der Waals surface area contributed by atoms with Crippen molar-refractivity contribution >= 4 is 30.8 Å². The van der Waals surface area contributed by atoms with E-state index in [1.807, 2.05) is 31.2 Å². The van der Waals surface area contributed by atoms with Crippen molar-refractivity contribution in [1.29, 1.82) is 0 Å². The number of piperazine rings is 1. The summed E-state index contributed by atoms with van der Waals surface area (Å²) in [6.45, 7) is 2.72. The highest BCUT2D eigenvalue weighted by Crippen LogP contribution is 2.23. The first-order valence-corrected chi connectivity index (χ1v) is 11.9. The quantitative estimate of drug-likeness (QED) is 0.751. The van der Waals surface area contributed by atoms with Crippen LogP contribution in [0.15, 0.2) is 47.4 Å². The van der Waals surface area contributed by atoms with Crippen molar-refractivity contribution in [3.05, 3.63) is 42.5 Å². The zero-order valence-electron chi connectivity index (χ0n) is 14.8. The van der Waals surface area contributed by atoms with Crippen molar-refractivity contribution in [2.45, 2.75) is 24.7 Å². The second-order valence-electron chi connectivity index (χ2n) is 6.48. The van der Waals surface area contributed by atoms with Gasteiger partial charge in [-0.2, -0.15) is 8.61 Å². The van der Waals surface area contributed by atoms with E-state index in [1.54, 1.807) is 18.2 Å². The van der Waals surface area contributed by atoms with Crippen LogP contribution >= 0.6 is 0 Å². The molecule has 142 valence electrons. The van der Waals surface area contributed by atoms with E-state index < -0.39 is 20.0 Å². The van der Waals surface area contributed by atoms with Gasteiger partial charge in [0.15, 0.2) is 0 Å². The minimum Gasteiger partial charge on any atom is -0.212 e. The van der Waals surface area contributed by atoms with Crippen molar-refractivity contribution in [2.24, 2.45) is 0 Å². The maximum Gasteiger partial charge on any atom is 0.243 e. The van der Waals surface area contributed by atoms with E-state index in [0.717, 1.165) is 17.2 Å². The number of benzene rings is 2. The Morgan fingerprint density at radius 1 is 0.846 bits per heavy atom. The molecular formula is C18H24N2O4S2. The molecule has 0 saturated carbocycles. The van der Waals surface area contributed by atoms with Gasteiger partial charge >= 0.3 is 0 Å². The van der Waals surface area contributed by atoms with Gasteiger partial charge in [0, 0.05) is 26.2 Å². The second-order valence-corrected chi connectivity index (χ2v) is 10.5. The molecule has 26 heavy (non-hydrogen) atoms. The Morgan fingerprint density at radius 3 is 2.12 bits per heavy atom. The number of fused-ring (bicyclic) bond motifs is 1. The predicted molar refractivity (Wildman–Crippen MR) is 103 cm³/mol. The van der Waals surface area contributed by atoms with Gasteiger partial charge in [-0.1, -0.05) is 43.7 Å². The van der Waals surface area contributed by atoms with Crippen molar-refractivity contribution in [3.8, 4) is 0 Å². The molecule has 0 spiro atoms. The molecule has 0 atom stereocenters. The standard InChI is InChI=1S/C18H24N2O4S2/c1-2-3-14-25(21,22)19-10-12-20(13-11-19)26(23,24)18-9-8-16-6-4-5-7-17(16)15-18/h4-9,15H,2-3,10-14H2,1H3. The fourth-order valence-corrected chi connectivity index (χ4v) is 6.21. The van der Waals surface area contributed by atoms with Crippen LogP contribution in [0, 0.1) is 0 Å². The van der Waals surface area contributed by atoms with Crippen molar-refractivity contribution in [1.82, 2.24) is 8.61 Å². The van der Waals surface area contributed by atoms with Gasteiger partial charge < -0.3 is 0 Å². The maximum atomic E-state index is 12.9. The van der Waals surface area contributed by atoms with Gasteiger partial charge in [0.05, 0.1) is 10.6 Å². The molecule has 1 aliphatic rings. The highest BCUT2D eigenvalue weighted by molar-refractivity contribution is 7.89. The van der Waals surface area contributed by atoms with E-state index in [1.165, 1.54) is 8.61 Å². The summed E-state index contributed by atoms with van der Waals surface area (Å²) in [5, 5.41) is 1.85. The third-order valence-corrected chi connectivity index (χ3v) is 8.56. The summed E-state index contributed by atoms with van der Waals surface area (Å²) in [5.41, 5.74) is 0. The van der Waals surface area contributed by atoms with Crippen LogP contribution in [0.5, 0.6) is 0 Å². The normalized spacial score (nSPS) is 17.6. The second kappa shape index (κ2) is 7.64. The van der Waals surface area contributed by atoms with Crippen LogP contribution in [-0.2, 0) is 20.0 Å². The molecule has 1 saturated heterocycles. The molecule has 0 aliphatic carbocycles. The van der Waals surface area contributed by atoms with Gasteiger partial charge in [-0.05, 0) is 29.3 Å².